The number of piperidine rings is 1. The average molecular weight is 576 g/mol. The fourth-order valence-corrected chi connectivity index (χ4v) is 6.59. The fraction of sp³-hybridized carbons (Fsp3) is 0.441. The topological polar surface area (TPSA) is 78.5 Å². The zero-order valence-corrected chi connectivity index (χ0v) is 25.9. The molecule has 1 heterocycles. The van der Waals surface area contributed by atoms with Crippen LogP contribution in [0.4, 0.5) is 5.69 Å². The minimum absolute atomic E-state index is 0.0301. The standard InChI is InChI=1S/C34H45N3O3S/c1-25(2)33(38)35-30-13-9-12-28(24-30)26-18-21-37(22-19-26)23-20-32(27-10-7-6-8-11-27)36-41(39,40)31-16-14-29(15-17-31)34(3,4)5/h6-17,24-26,32,36H,18-23H2,1-5H3,(H,35,38)/t32-/m0/s1. The summed E-state index contributed by atoms with van der Waals surface area (Å²) in [6.45, 7) is 12.9. The number of nitrogens with one attached hydrogen (secondary N) is 2. The van der Waals surface area contributed by atoms with Crippen molar-refractivity contribution < 1.29 is 13.2 Å². The lowest BCUT2D eigenvalue weighted by Gasteiger charge is -2.33. The summed E-state index contributed by atoms with van der Waals surface area (Å²) in [5.74, 6) is 0.421. The van der Waals surface area contributed by atoms with Crippen LogP contribution in [0.2, 0.25) is 0 Å². The van der Waals surface area contributed by atoms with E-state index in [0.717, 1.165) is 49.3 Å². The highest BCUT2D eigenvalue weighted by Gasteiger charge is 2.25. The van der Waals surface area contributed by atoms with Gasteiger partial charge in [-0.2, -0.15) is 0 Å². The van der Waals surface area contributed by atoms with Crippen LogP contribution >= 0.6 is 0 Å². The number of benzene rings is 3. The van der Waals surface area contributed by atoms with Crippen molar-refractivity contribution in [3.63, 3.8) is 0 Å². The van der Waals surface area contributed by atoms with Crippen LogP contribution in [0, 0.1) is 5.92 Å². The molecule has 1 aliphatic heterocycles. The van der Waals surface area contributed by atoms with Gasteiger partial charge in [0.05, 0.1) is 4.90 Å². The smallest absolute Gasteiger partial charge is 0.241 e. The van der Waals surface area contributed by atoms with E-state index in [-0.39, 0.29) is 23.3 Å². The Labute approximate surface area is 246 Å². The van der Waals surface area contributed by atoms with Gasteiger partial charge in [0.2, 0.25) is 15.9 Å². The summed E-state index contributed by atoms with van der Waals surface area (Å²) in [5, 5.41) is 3.01. The van der Waals surface area contributed by atoms with Gasteiger partial charge in [-0.1, -0.05) is 89.2 Å². The van der Waals surface area contributed by atoms with Crippen LogP contribution in [0.15, 0.2) is 83.8 Å². The first-order valence-corrected chi connectivity index (χ1v) is 16.2. The lowest BCUT2D eigenvalue weighted by Crippen LogP contribution is -2.36. The first-order chi connectivity index (χ1) is 19.4. The van der Waals surface area contributed by atoms with Gasteiger partial charge in [0.15, 0.2) is 0 Å². The molecule has 6 nitrogen and oxygen atoms in total. The molecule has 0 spiro atoms. The Bertz CT molecular complexity index is 1390. The number of amides is 1. The molecule has 0 saturated carbocycles. The molecule has 41 heavy (non-hydrogen) atoms. The summed E-state index contributed by atoms with van der Waals surface area (Å²) in [4.78, 5) is 14.9. The zero-order chi connectivity index (χ0) is 29.6. The fourth-order valence-electron chi connectivity index (χ4n) is 5.33. The van der Waals surface area contributed by atoms with Crippen molar-refractivity contribution in [2.45, 2.75) is 76.2 Å². The lowest BCUT2D eigenvalue weighted by atomic mass is 9.87. The van der Waals surface area contributed by atoms with E-state index in [4.69, 9.17) is 0 Å². The predicted octanol–water partition coefficient (Wildman–Crippen LogP) is 6.87. The quantitative estimate of drug-likeness (QED) is 0.277. The largest absolute Gasteiger partial charge is 0.326 e. The Kier molecular flexibility index (Phi) is 10.1. The Morgan fingerprint density at radius 2 is 1.59 bits per heavy atom. The van der Waals surface area contributed by atoms with Crippen LogP contribution in [0.25, 0.3) is 0 Å². The molecular formula is C34H45N3O3S. The molecule has 2 N–H and O–H groups in total. The number of likely N-dealkylation sites (tertiary alicyclic amines) is 1. The van der Waals surface area contributed by atoms with Gasteiger partial charge >= 0.3 is 0 Å². The molecule has 3 aromatic rings. The Morgan fingerprint density at radius 1 is 0.927 bits per heavy atom. The van der Waals surface area contributed by atoms with Crippen LogP contribution in [-0.4, -0.2) is 38.9 Å². The van der Waals surface area contributed by atoms with E-state index in [1.165, 1.54) is 5.56 Å². The molecule has 1 amide bonds. The van der Waals surface area contributed by atoms with Gasteiger partial charge in [-0.3, -0.25) is 4.79 Å². The first-order valence-electron chi connectivity index (χ1n) is 14.7. The van der Waals surface area contributed by atoms with E-state index in [1.807, 2.05) is 68.4 Å². The molecule has 0 radical (unpaired) electrons. The molecule has 1 fully saturated rings. The van der Waals surface area contributed by atoms with Crippen LogP contribution < -0.4 is 10.0 Å². The van der Waals surface area contributed by atoms with Gasteiger partial charge in [0.25, 0.3) is 0 Å². The minimum atomic E-state index is -3.68. The highest BCUT2D eigenvalue weighted by molar-refractivity contribution is 7.89. The van der Waals surface area contributed by atoms with Gasteiger partial charge in [0, 0.05) is 17.6 Å². The number of rotatable bonds is 10. The Balaban J connectivity index is 1.38. The number of carbonyl (C=O) groups excluding carboxylic acids is 1. The second kappa shape index (κ2) is 13.3. The van der Waals surface area contributed by atoms with Crippen LogP contribution in [0.5, 0.6) is 0 Å². The highest BCUT2D eigenvalue weighted by atomic mass is 32.2. The molecular weight excluding hydrogens is 530 g/mol. The SMILES string of the molecule is CC(C)C(=O)Nc1cccc(C2CCN(CC[C@H](NS(=O)(=O)c3ccc(C(C)(C)C)cc3)c3ccccc3)CC2)c1. The number of sulfonamides is 1. The Morgan fingerprint density at radius 3 is 2.20 bits per heavy atom. The molecule has 0 aliphatic carbocycles. The van der Waals surface area contributed by atoms with Gasteiger partial charge in [-0.25, -0.2) is 13.1 Å². The van der Waals surface area contributed by atoms with Crippen molar-refractivity contribution >= 4 is 21.6 Å². The normalized spacial score (nSPS) is 16.0. The summed E-state index contributed by atoms with van der Waals surface area (Å²) in [7, 11) is -3.68. The number of anilines is 1. The third-order valence-corrected chi connectivity index (χ3v) is 9.49. The maximum Gasteiger partial charge on any atom is 0.241 e. The van der Waals surface area contributed by atoms with E-state index in [0.29, 0.717) is 17.2 Å². The maximum atomic E-state index is 13.4. The van der Waals surface area contributed by atoms with Crippen LogP contribution in [-0.2, 0) is 20.2 Å². The molecule has 3 aromatic carbocycles. The van der Waals surface area contributed by atoms with Crippen molar-refractivity contribution in [2.75, 3.05) is 25.0 Å². The van der Waals surface area contributed by atoms with Gasteiger partial charge < -0.3 is 10.2 Å². The van der Waals surface area contributed by atoms with E-state index in [9.17, 15) is 13.2 Å². The number of carbonyl (C=O) groups is 1. The summed E-state index contributed by atoms with van der Waals surface area (Å²) in [5.41, 5.74) is 4.15. The van der Waals surface area contributed by atoms with Crippen molar-refractivity contribution in [3.8, 4) is 0 Å². The van der Waals surface area contributed by atoms with Gasteiger partial charge in [-0.05, 0) is 91.2 Å². The van der Waals surface area contributed by atoms with Crippen molar-refractivity contribution in [1.29, 1.82) is 0 Å². The average Bonchev–Trinajstić information content (AvgIpc) is 2.95. The molecule has 0 bridgehead atoms. The van der Waals surface area contributed by atoms with Gasteiger partial charge in [0.1, 0.15) is 0 Å². The minimum Gasteiger partial charge on any atom is -0.326 e. The monoisotopic (exact) mass is 575 g/mol. The second-order valence-electron chi connectivity index (χ2n) is 12.5. The molecule has 0 aromatic heterocycles. The third kappa shape index (κ3) is 8.51. The second-order valence-corrected chi connectivity index (χ2v) is 14.2. The maximum absolute atomic E-state index is 13.4. The molecule has 1 saturated heterocycles. The summed E-state index contributed by atoms with van der Waals surface area (Å²) in [6.07, 6.45) is 2.75. The molecule has 1 aliphatic rings. The molecule has 1 atom stereocenters. The Hall–Kier alpha value is -3.00. The number of nitrogens with zero attached hydrogens (tertiary/aromatic N) is 1. The van der Waals surface area contributed by atoms with E-state index in [1.54, 1.807) is 12.1 Å². The molecule has 0 unspecified atom stereocenters. The molecule has 7 heteroatoms. The number of hydrogen-bond donors (Lipinski definition) is 2. The summed E-state index contributed by atoms with van der Waals surface area (Å²) >= 11 is 0. The van der Waals surface area contributed by atoms with Crippen molar-refractivity contribution in [1.82, 2.24) is 9.62 Å². The van der Waals surface area contributed by atoms with E-state index < -0.39 is 10.0 Å². The summed E-state index contributed by atoms with van der Waals surface area (Å²) < 4.78 is 29.8. The van der Waals surface area contributed by atoms with Crippen molar-refractivity contribution in [2.24, 2.45) is 5.92 Å². The molecule has 220 valence electrons. The predicted molar refractivity (Wildman–Crippen MR) is 168 cm³/mol. The zero-order valence-electron chi connectivity index (χ0n) is 25.1. The van der Waals surface area contributed by atoms with E-state index in [2.05, 4.69) is 47.8 Å². The van der Waals surface area contributed by atoms with Crippen molar-refractivity contribution in [3.05, 3.63) is 95.6 Å². The van der Waals surface area contributed by atoms with Crippen LogP contribution in [0.3, 0.4) is 0 Å². The molecule has 4 rings (SSSR count). The van der Waals surface area contributed by atoms with E-state index >= 15 is 0 Å². The lowest BCUT2D eigenvalue weighted by molar-refractivity contribution is -0.118. The number of hydrogen-bond acceptors (Lipinski definition) is 4. The summed E-state index contributed by atoms with van der Waals surface area (Å²) in [6, 6.07) is 25.0. The third-order valence-electron chi connectivity index (χ3n) is 8.00. The highest BCUT2D eigenvalue weighted by Crippen LogP contribution is 2.31. The van der Waals surface area contributed by atoms with Gasteiger partial charge in [-0.15, -0.1) is 0 Å². The first kappa shape index (κ1) is 30.9. The van der Waals surface area contributed by atoms with Crippen LogP contribution in [0.1, 0.15) is 82.5 Å².